The lowest BCUT2D eigenvalue weighted by atomic mass is 10.1. The molecule has 0 spiro atoms. The normalized spacial score (nSPS) is 10.7. The van der Waals surface area contributed by atoms with Crippen LogP contribution in [0.1, 0.15) is 24.5 Å². The van der Waals surface area contributed by atoms with Gasteiger partial charge in [0.25, 0.3) is 0 Å². The number of esters is 1. The highest BCUT2D eigenvalue weighted by Gasteiger charge is 1.98. The Morgan fingerprint density at radius 3 is 2.94 bits per heavy atom. The Kier molecular flexibility index (Phi) is 5.26. The average molecular weight is 283 g/mol. The number of hydrogen-bond donors (Lipinski definition) is 0. The van der Waals surface area contributed by atoms with E-state index in [1.165, 1.54) is 5.56 Å². The second-order valence-corrected chi connectivity index (χ2v) is 4.33. The average Bonchev–Trinajstić information content (AvgIpc) is 2.23. The van der Waals surface area contributed by atoms with Crippen molar-refractivity contribution in [3.63, 3.8) is 0 Å². The molecular weight excluding hydrogens is 268 g/mol. The maximum atomic E-state index is 11.1. The van der Waals surface area contributed by atoms with E-state index in [2.05, 4.69) is 15.9 Å². The Balaban J connectivity index is 2.62. The largest absolute Gasteiger partial charge is 0.466 e. The zero-order valence-electron chi connectivity index (χ0n) is 9.50. The fourth-order valence-corrected chi connectivity index (χ4v) is 1.67. The van der Waals surface area contributed by atoms with Crippen molar-refractivity contribution in [3.8, 4) is 0 Å². The second-order valence-electron chi connectivity index (χ2n) is 3.41. The molecule has 0 aliphatic carbocycles. The fourth-order valence-electron chi connectivity index (χ4n) is 1.29. The lowest BCUT2D eigenvalue weighted by molar-refractivity contribution is -0.142. The van der Waals surface area contributed by atoms with Crippen molar-refractivity contribution in [1.29, 1.82) is 0 Å². The first-order chi connectivity index (χ1) is 7.63. The second kappa shape index (κ2) is 6.48. The van der Waals surface area contributed by atoms with Gasteiger partial charge in [-0.15, -0.1) is 0 Å². The number of benzene rings is 1. The number of rotatable bonds is 4. The summed E-state index contributed by atoms with van der Waals surface area (Å²) >= 11 is 3.42. The number of halogens is 1. The van der Waals surface area contributed by atoms with Crippen LogP contribution in [0.2, 0.25) is 0 Å². The topological polar surface area (TPSA) is 26.3 Å². The molecule has 3 heteroatoms. The lowest BCUT2D eigenvalue weighted by Crippen LogP contribution is -2.01. The molecule has 16 heavy (non-hydrogen) atoms. The molecule has 0 fully saturated rings. The monoisotopic (exact) mass is 282 g/mol. The Hall–Kier alpha value is -1.09. The predicted octanol–water partition coefficient (Wildman–Crippen LogP) is 3.72. The number of aryl methyl sites for hydroxylation is 1. The first-order valence-electron chi connectivity index (χ1n) is 5.21. The maximum absolute atomic E-state index is 11.1. The van der Waals surface area contributed by atoms with Gasteiger partial charge < -0.3 is 4.74 Å². The highest BCUT2D eigenvalue weighted by Crippen LogP contribution is 2.17. The molecule has 1 aromatic carbocycles. The number of carbonyl (C=O) groups is 1. The molecule has 0 aliphatic heterocycles. The predicted molar refractivity (Wildman–Crippen MR) is 69.2 cm³/mol. The minimum Gasteiger partial charge on any atom is -0.466 e. The first kappa shape index (κ1) is 13.0. The van der Waals surface area contributed by atoms with Gasteiger partial charge in [-0.25, -0.2) is 0 Å². The third-order valence-corrected chi connectivity index (χ3v) is 2.62. The van der Waals surface area contributed by atoms with Crippen LogP contribution in [-0.4, -0.2) is 12.6 Å². The molecule has 0 radical (unpaired) electrons. The van der Waals surface area contributed by atoms with E-state index in [0.717, 1.165) is 10.0 Å². The smallest absolute Gasteiger partial charge is 0.309 e. The van der Waals surface area contributed by atoms with Crippen LogP contribution in [0.15, 0.2) is 28.7 Å². The van der Waals surface area contributed by atoms with Gasteiger partial charge >= 0.3 is 5.97 Å². The highest BCUT2D eigenvalue weighted by atomic mass is 79.9. The van der Waals surface area contributed by atoms with Crippen molar-refractivity contribution in [1.82, 2.24) is 0 Å². The van der Waals surface area contributed by atoms with E-state index < -0.39 is 0 Å². The Morgan fingerprint density at radius 1 is 1.50 bits per heavy atom. The van der Waals surface area contributed by atoms with Crippen molar-refractivity contribution in [2.45, 2.75) is 20.3 Å². The van der Waals surface area contributed by atoms with Crippen LogP contribution in [0.3, 0.4) is 0 Å². The van der Waals surface area contributed by atoms with E-state index in [0.29, 0.717) is 13.0 Å². The minimum absolute atomic E-state index is 0.189. The highest BCUT2D eigenvalue weighted by molar-refractivity contribution is 9.10. The number of carbonyl (C=O) groups excluding carboxylic acids is 1. The summed E-state index contributed by atoms with van der Waals surface area (Å²) in [5, 5.41) is 0. The van der Waals surface area contributed by atoms with Crippen LogP contribution in [0.25, 0.3) is 6.08 Å². The molecule has 0 unspecified atom stereocenters. The van der Waals surface area contributed by atoms with Gasteiger partial charge in [-0.3, -0.25) is 4.79 Å². The van der Waals surface area contributed by atoms with Gasteiger partial charge in [0, 0.05) is 4.47 Å². The molecule has 0 aliphatic rings. The standard InChI is InChI=1S/C13H15BrO2/c1-3-16-13(15)6-4-5-11-9-12(14)8-7-10(11)2/h4-5,7-9H,3,6H2,1-2H3. The first-order valence-corrected chi connectivity index (χ1v) is 6.01. The van der Waals surface area contributed by atoms with Crippen LogP contribution in [-0.2, 0) is 9.53 Å². The molecule has 2 nitrogen and oxygen atoms in total. The Labute approximate surface area is 104 Å². The molecular formula is C13H15BrO2. The van der Waals surface area contributed by atoms with E-state index in [9.17, 15) is 4.79 Å². The quantitative estimate of drug-likeness (QED) is 0.787. The SMILES string of the molecule is CCOC(=O)CC=Cc1cc(Br)ccc1C. The Bertz CT molecular complexity index is 397. The molecule has 0 atom stereocenters. The number of ether oxygens (including phenoxy) is 1. The van der Waals surface area contributed by atoms with Gasteiger partial charge in [0.05, 0.1) is 13.0 Å². The molecule has 0 N–H and O–H groups in total. The summed E-state index contributed by atoms with van der Waals surface area (Å²) < 4.78 is 5.87. The molecule has 86 valence electrons. The van der Waals surface area contributed by atoms with Crippen molar-refractivity contribution in [2.24, 2.45) is 0 Å². The van der Waals surface area contributed by atoms with Gasteiger partial charge in [-0.05, 0) is 37.1 Å². The van der Waals surface area contributed by atoms with E-state index in [1.807, 2.05) is 37.3 Å². The summed E-state index contributed by atoms with van der Waals surface area (Å²) in [6, 6.07) is 6.06. The van der Waals surface area contributed by atoms with Gasteiger partial charge in [0.2, 0.25) is 0 Å². The summed E-state index contributed by atoms with van der Waals surface area (Å²) in [7, 11) is 0. The number of hydrogen-bond acceptors (Lipinski definition) is 2. The molecule has 1 rings (SSSR count). The van der Waals surface area contributed by atoms with E-state index >= 15 is 0 Å². The summed E-state index contributed by atoms with van der Waals surface area (Å²) in [5.74, 6) is -0.189. The van der Waals surface area contributed by atoms with Crippen molar-refractivity contribution >= 4 is 28.0 Å². The Morgan fingerprint density at radius 2 is 2.25 bits per heavy atom. The van der Waals surface area contributed by atoms with Crippen LogP contribution in [0.5, 0.6) is 0 Å². The molecule has 0 amide bonds. The molecule has 0 aromatic heterocycles. The summed E-state index contributed by atoms with van der Waals surface area (Å²) in [4.78, 5) is 11.1. The third kappa shape index (κ3) is 4.19. The molecule has 0 saturated heterocycles. The molecule has 0 bridgehead atoms. The zero-order chi connectivity index (χ0) is 12.0. The third-order valence-electron chi connectivity index (χ3n) is 2.13. The summed E-state index contributed by atoms with van der Waals surface area (Å²) in [6.45, 7) is 4.28. The van der Waals surface area contributed by atoms with Crippen LogP contribution in [0, 0.1) is 6.92 Å². The van der Waals surface area contributed by atoms with Gasteiger partial charge in [-0.2, -0.15) is 0 Å². The van der Waals surface area contributed by atoms with E-state index in [1.54, 1.807) is 6.92 Å². The molecule has 0 heterocycles. The van der Waals surface area contributed by atoms with Gasteiger partial charge in [-0.1, -0.05) is 34.1 Å². The van der Waals surface area contributed by atoms with Crippen LogP contribution in [0.4, 0.5) is 0 Å². The lowest BCUT2D eigenvalue weighted by Gasteiger charge is -2.01. The van der Waals surface area contributed by atoms with E-state index in [-0.39, 0.29) is 5.97 Å². The van der Waals surface area contributed by atoms with Crippen molar-refractivity contribution < 1.29 is 9.53 Å². The molecule has 0 saturated carbocycles. The van der Waals surface area contributed by atoms with E-state index in [4.69, 9.17) is 4.74 Å². The van der Waals surface area contributed by atoms with Gasteiger partial charge in [0.1, 0.15) is 0 Å². The van der Waals surface area contributed by atoms with Gasteiger partial charge in [0.15, 0.2) is 0 Å². The molecule has 1 aromatic rings. The summed E-state index contributed by atoms with van der Waals surface area (Å²) in [6.07, 6.45) is 4.09. The maximum Gasteiger partial charge on any atom is 0.309 e. The fraction of sp³-hybridized carbons (Fsp3) is 0.308. The van der Waals surface area contributed by atoms with Crippen LogP contribution >= 0.6 is 15.9 Å². The zero-order valence-corrected chi connectivity index (χ0v) is 11.1. The van der Waals surface area contributed by atoms with Crippen molar-refractivity contribution in [3.05, 3.63) is 39.9 Å². The minimum atomic E-state index is -0.189. The summed E-state index contributed by atoms with van der Waals surface area (Å²) in [5.41, 5.74) is 2.29. The van der Waals surface area contributed by atoms with Crippen molar-refractivity contribution in [2.75, 3.05) is 6.61 Å². The van der Waals surface area contributed by atoms with Crippen LogP contribution < -0.4 is 0 Å².